The molecule has 3 fully saturated rings. The van der Waals surface area contributed by atoms with Crippen LogP contribution in [0.5, 0.6) is 0 Å². The van der Waals surface area contributed by atoms with Crippen molar-refractivity contribution in [2.24, 2.45) is 0 Å². The van der Waals surface area contributed by atoms with Crippen LogP contribution in [0.25, 0.3) is 0 Å². The molecule has 0 radical (unpaired) electrons. The van der Waals surface area contributed by atoms with Gasteiger partial charge in [-0.3, -0.25) is 0 Å². The third-order valence-corrected chi connectivity index (χ3v) is 3.25. The summed E-state index contributed by atoms with van der Waals surface area (Å²) in [5.74, 6) is -0.418. The van der Waals surface area contributed by atoms with Crippen LogP contribution in [-0.4, -0.2) is 30.6 Å². The summed E-state index contributed by atoms with van der Waals surface area (Å²) in [5.41, 5.74) is 0. The van der Waals surface area contributed by atoms with Gasteiger partial charge in [-0.1, -0.05) is 0 Å². The summed E-state index contributed by atoms with van der Waals surface area (Å²) in [4.78, 5) is 10.5. The first-order chi connectivity index (χ1) is 5.24. The van der Waals surface area contributed by atoms with Crippen LogP contribution in [0.15, 0.2) is 0 Å². The van der Waals surface area contributed by atoms with Gasteiger partial charge in [0.25, 0.3) is 0 Å². The van der Waals surface area contributed by atoms with Gasteiger partial charge in [0.05, 0.1) is 0 Å². The van der Waals surface area contributed by atoms with Gasteiger partial charge in [0, 0.05) is 0 Å². The molecule has 3 saturated heterocycles. The molecule has 2 bridgehead atoms. The molecule has 0 unspecified atom stereocenters. The molecule has 0 aromatic carbocycles. The third-order valence-electron chi connectivity index (χ3n) is 1.31. The van der Waals surface area contributed by atoms with Crippen LogP contribution < -0.4 is 0 Å². The molecule has 0 aromatic rings. The van der Waals surface area contributed by atoms with Crippen LogP contribution in [0, 0.1) is 0 Å². The Hall–Kier alpha value is -0.100. The summed E-state index contributed by atoms with van der Waals surface area (Å²) < 4.78 is 19.4. The van der Waals surface area contributed by atoms with Crippen LogP contribution in [-0.2, 0) is 22.9 Å². The summed E-state index contributed by atoms with van der Waals surface area (Å²) in [6.45, 7) is -1.31. The Kier molecular flexibility index (Phi) is 1.68. The number of hydrogen-bond acceptors (Lipinski definition) is 6. The van der Waals surface area contributed by atoms with Gasteiger partial charge < -0.3 is 0 Å². The Labute approximate surface area is 62.7 Å². The summed E-state index contributed by atoms with van der Waals surface area (Å²) in [5, 5.41) is 8.30. The topological polar surface area (TPSA) is 74.2 Å². The van der Waals surface area contributed by atoms with E-state index < -0.39 is 27.0 Å². The number of carbonyl (C=O) groups excluding carboxylic acids is 1. The Bertz CT molecular complexity index is 176. The summed E-state index contributed by atoms with van der Waals surface area (Å²) >= 11 is 0. The van der Waals surface area contributed by atoms with Gasteiger partial charge in [0.1, 0.15) is 0 Å². The van der Waals surface area contributed by atoms with E-state index in [9.17, 15) is 4.79 Å². The van der Waals surface area contributed by atoms with Crippen molar-refractivity contribution < 1.29 is 28.0 Å². The van der Waals surface area contributed by atoms with E-state index in [1.54, 1.807) is 0 Å². The Morgan fingerprint density at radius 3 is 2.55 bits per heavy atom. The molecule has 0 aliphatic carbocycles. The van der Waals surface area contributed by atoms with Crippen molar-refractivity contribution in [3.05, 3.63) is 0 Å². The summed E-state index contributed by atoms with van der Waals surface area (Å²) in [7, 11) is -2.76. The second kappa shape index (κ2) is 2.45. The van der Waals surface area contributed by atoms with Gasteiger partial charge in [-0.25, -0.2) is 0 Å². The van der Waals surface area contributed by atoms with Crippen LogP contribution in [0.1, 0.15) is 0 Å². The van der Waals surface area contributed by atoms with E-state index in [0.717, 1.165) is 0 Å². The van der Waals surface area contributed by atoms with Gasteiger partial charge in [0.2, 0.25) is 0 Å². The van der Waals surface area contributed by atoms with Gasteiger partial charge in [0.15, 0.2) is 0 Å². The number of carbonyl (C=O) groups is 1. The fourth-order valence-electron chi connectivity index (χ4n) is 0.697. The zero-order valence-electron chi connectivity index (χ0n) is 5.48. The van der Waals surface area contributed by atoms with Crippen molar-refractivity contribution in [1.29, 1.82) is 0 Å². The van der Waals surface area contributed by atoms with Crippen LogP contribution in [0.3, 0.4) is 0 Å². The molecule has 11 heavy (non-hydrogen) atoms. The van der Waals surface area contributed by atoms with E-state index >= 15 is 0 Å². The minimum absolute atomic E-state index is 0.213. The monoisotopic (exact) mass is 182 g/mol. The van der Waals surface area contributed by atoms with Crippen molar-refractivity contribution in [2.45, 2.75) is 6.48 Å². The van der Waals surface area contributed by atoms with E-state index in [1.165, 1.54) is 0 Å². The fourth-order valence-corrected chi connectivity index (χ4v) is 2.00. The molecule has 3 aliphatic rings. The van der Waals surface area contributed by atoms with Gasteiger partial charge >= 0.3 is 61.6 Å². The van der Waals surface area contributed by atoms with E-state index in [2.05, 4.69) is 0 Å². The van der Waals surface area contributed by atoms with Gasteiger partial charge in [-0.2, -0.15) is 0 Å². The van der Waals surface area contributed by atoms with Crippen LogP contribution in [0.2, 0.25) is 0 Å². The Morgan fingerprint density at radius 2 is 2.18 bits per heavy atom. The first-order valence-electron chi connectivity index (χ1n) is 3.04. The van der Waals surface area contributed by atoms with Crippen molar-refractivity contribution >= 4 is 14.0 Å². The molecular weight excluding hydrogens is 175 g/mol. The molecule has 0 aromatic heterocycles. The average molecular weight is 182 g/mol. The number of hydrogen-bond donors (Lipinski definition) is 1. The normalized spacial score (nSPS) is 33.4. The Morgan fingerprint density at radius 1 is 1.55 bits per heavy atom. The first-order valence-corrected chi connectivity index (χ1v) is 4.67. The molecular formula is C4H7O6P. The van der Waals surface area contributed by atoms with E-state index in [4.69, 9.17) is 23.2 Å². The number of Topliss-reactive ketones (excluding diaryl/α,β-unsaturated/α-hetero) is 1. The Balaban J connectivity index is 1.70. The predicted octanol–water partition coefficient (Wildman–Crippen LogP) is -0.665. The summed E-state index contributed by atoms with van der Waals surface area (Å²) in [6.07, 6.45) is 0. The predicted molar refractivity (Wildman–Crippen MR) is 33.4 cm³/mol. The van der Waals surface area contributed by atoms with Crippen molar-refractivity contribution in [1.82, 2.24) is 0 Å². The number of aliphatic hydroxyl groups excluding tert-OH is 1. The molecule has 0 saturated carbocycles. The molecule has 3 rings (SSSR count). The molecule has 64 valence electrons. The first kappa shape index (κ1) is 7.54. The maximum absolute atomic E-state index is 10.5. The van der Waals surface area contributed by atoms with E-state index in [0.29, 0.717) is 0 Å². The van der Waals surface area contributed by atoms with E-state index in [1.807, 2.05) is 0 Å². The molecule has 3 heterocycles. The SMILES string of the molecule is O=C(CO)CO[PH]12OC(O1)O2. The van der Waals surface area contributed by atoms with Crippen LogP contribution in [0.4, 0.5) is 0 Å². The maximum atomic E-state index is 10.5. The zero-order chi connectivity index (χ0) is 7.90. The second-order valence-electron chi connectivity index (χ2n) is 2.13. The van der Waals surface area contributed by atoms with Crippen molar-refractivity contribution in [2.75, 3.05) is 13.2 Å². The number of rotatable bonds is 4. The number of ketones is 1. The van der Waals surface area contributed by atoms with E-state index in [-0.39, 0.29) is 6.61 Å². The van der Waals surface area contributed by atoms with Crippen molar-refractivity contribution in [3.63, 3.8) is 0 Å². The standard InChI is InChI=1S/C4H7O6P/c5-1-3(6)2-7-11-8-4(9-11)10-11/h4-5,11H,1-2H2. The third kappa shape index (κ3) is 1.18. The van der Waals surface area contributed by atoms with Gasteiger partial charge in [-0.15, -0.1) is 0 Å². The minimum atomic E-state index is -2.76. The van der Waals surface area contributed by atoms with Crippen LogP contribution >= 0.6 is 8.17 Å². The number of aliphatic hydroxyl groups is 1. The molecule has 1 N–H and O–H groups in total. The molecule has 3 aliphatic heterocycles. The van der Waals surface area contributed by atoms with Crippen molar-refractivity contribution in [3.8, 4) is 0 Å². The molecule has 0 spiro atoms. The zero-order valence-corrected chi connectivity index (χ0v) is 6.48. The second-order valence-corrected chi connectivity index (χ2v) is 4.12. The average Bonchev–Trinajstić information content (AvgIpc) is 1.81. The fraction of sp³-hybridized carbons (Fsp3) is 0.750. The molecule has 0 amide bonds. The molecule has 7 heteroatoms. The summed E-state index contributed by atoms with van der Waals surface area (Å²) in [6, 6.07) is 0. The molecule has 0 atom stereocenters. The molecule has 6 nitrogen and oxygen atoms in total. The quantitative estimate of drug-likeness (QED) is 0.581. The van der Waals surface area contributed by atoms with Gasteiger partial charge in [-0.05, 0) is 0 Å².